The summed E-state index contributed by atoms with van der Waals surface area (Å²) < 4.78 is 12.9. The van der Waals surface area contributed by atoms with E-state index in [4.69, 9.17) is 32.1 Å². The summed E-state index contributed by atoms with van der Waals surface area (Å²) in [6, 6.07) is 9.70. The largest absolute Gasteiger partial charge is 0.400 e. The van der Waals surface area contributed by atoms with Gasteiger partial charge in [-0.1, -0.05) is 42.6 Å². The number of H-pyrrole nitrogens is 2. The van der Waals surface area contributed by atoms with E-state index in [0.29, 0.717) is 28.3 Å². The molecule has 5 N–H and O–H groups in total. The van der Waals surface area contributed by atoms with Crippen molar-refractivity contribution in [1.82, 2.24) is 23.9 Å². The number of aromatic nitrogens is 5. The van der Waals surface area contributed by atoms with E-state index in [-0.39, 0.29) is 25.3 Å². The van der Waals surface area contributed by atoms with Gasteiger partial charge < -0.3 is 34.3 Å². The number of thiol groups is 1. The summed E-state index contributed by atoms with van der Waals surface area (Å²) in [7, 11) is 1.46. The maximum atomic E-state index is 12.7. The minimum atomic E-state index is -1.05. The first-order valence-electron chi connectivity index (χ1n) is 9.62. The lowest BCUT2D eigenvalue weighted by atomic mass is 10.2. The Balaban J connectivity index is 0.000000330. The fraction of sp³-hybridized carbons (Fsp3) is 0.316. The molecule has 14 heteroatoms. The molecule has 33 heavy (non-hydrogen) atoms. The van der Waals surface area contributed by atoms with Gasteiger partial charge >= 0.3 is 0 Å². The maximum Gasteiger partial charge on any atom is 0.285 e. The van der Waals surface area contributed by atoms with Gasteiger partial charge in [0.15, 0.2) is 15.9 Å². The molecule has 0 saturated heterocycles. The minimum absolute atomic E-state index is 0.0166. The van der Waals surface area contributed by atoms with E-state index in [1.807, 2.05) is 30.3 Å². The molecule has 0 spiro atoms. The molecule has 3 heterocycles. The molecule has 4 rings (SSSR count). The summed E-state index contributed by atoms with van der Waals surface area (Å²) in [6.45, 7) is 0.516. The summed E-state index contributed by atoms with van der Waals surface area (Å²) in [5.74, 6) is 0.432. The second kappa shape index (κ2) is 13.6. The van der Waals surface area contributed by atoms with Gasteiger partial charge in [-0.25, -0.2) is 4.40 Å². The zero-order valence-corrected chi connectivity index (χ0v) is 20.6. The van der Waals surface area contributed by atoms with Crippen LogP contribution in [0.1, 0.15) is 0 Å². The molecule has 1 atom stereocenters. The van der Waals surface area contributed by atoms with Crippen molar-refractivity contribution in [3.8, 4) is 11.3 Å². The van der Waals surface area contributed by atoms with Gasteiger partial charge in [0.05, 0.1) is 32.1 Å². The molecule has 11 nitrogen and oxygen atoms in total. The first-order chi connectivity index (χ1) is 16.0. The lowest BCUT2D eigenvalue weighted by Crippen LogP contribution is -2.14. The molecule has 0 aliphatic heterocycles. The summed E-state index contributed by atoms with van der Waals surface area (Å²) >= 11 is 9.06. The van der Waals surface area contributed by atoms with Crippen molar-refractivity contribution >= 4 is 49.0 Å². The smallest absolute Gasteiger partial charge is 0.285 e. The van der Waals surface area contributed by atoms with Crippen LogP contribution >= 0.6 is 32.0 Å². The van der Waals surface area contributed by atoms with Gasteiger partial charge in [0.25, 0.3) is 5.56 Å². The van der Waals surface area contributed by atoms with Crippen molar-refractivity contribution < 1.29 is 24.4 Å². The number of hydrogen-bond acceptors (Lipinski definition) is 9. The summed E-state index contributed by atoms with van der Waals surface area (Å²) in [5.41, 5.74) is 2.31. The fourth-order valence-corrected chi connectivity index (χ4v) is 3.70. The van der Waals surface area contributed by atoms with E-state index in [2.05, 4.69) is 31.7 Å². The van der Waals surface area contributed by atoms with Crippen LogP contribution in [0.15, 0.2) is 41.3 Å². The Morgan fingerprint density at radius 1 is 1.18 bits per heavy atom. The van der Waals surface area contributed by atoms with Gasteiger partial charge in [0.2, 0.25) is 13.4 Å². The van der Waals surface area contributed by atoms with Crippen LogP contribution in [-0.2, 0) is 15.6 Å². The zero-order chi connectivity index (χ0) is 24.4. The molecule has 0 radical (unpaired) electrons. The van der Waals surface area contributed by atoms with Crippen LogP contribution in [0.4, 0.5) is 0 Å². The molecule has 0 fully saturated rings. The average molecular weight is 516 g/mol. The molecule has 0 amide bonds. The van der Waals surface area contributed by atoms with E-state index in [1.54, 1.807) is 10.8 Å². The highest BCUT2D eigenvalue weighted by Gasteiger charge is 2.14. The second-order valence-corrected chi connectivity index (χ2v) is 8.59. The van der Waals surface area contributed by atoms with E-state index in [0.717, 1.165) is 18.4 Å². The number of imidazole rings is 2. The molecule has 4 aromatic rings. The first-order valence-corrected chi connectivity index (χ1v) is 12.4. The highest BCUT2D eigenvalue weighted by atomic mass is 32.7. The number of fused-ring (bicyclic) bond motifs is 2. The predicted octanol–water partition coefficient (Wildman–Crippen LogP) is 2.10. The number of benzene rings is 1. The molecule has 1 unspecified atom stereocenters. The molecule has 1 aromatic carbocycles. The van der Waals surface area contributed by atoms with Gasteiger partial charge in [-0.2, -0.15) is 4.98 Å². The first kappa shape index (κ1) is 27.2. The number of aromatic amines is 2. The van der Waals surface area contributed by atoms with Crippen molar-refractivity contribution in [2.24, 2.45) is 0 Å². The molecular weight excluding hydrogens is 489 g/mol. The number of rotatable bonds is 7. The van der Waals surface area contributed by atoms with Crippen molar-refractivity contribution in [3.63, 3.8) is 0 Å². The van der Waals surface area contributed by atoms with E-state index in [1.165, 1.54) is 11.5 Å². The maximum absolute atomic E-state index is 12.7. The van der Waals surface area contributed by atoms with Crippen LogP contribution in [0.3, 0.4) is 0 Å². The van der Waals surface area contributed by atoms with E-state index < -0.39 is 7.58 Å². The lowest BCUT2D eigenvalue weighted by Gasteiger charge is -2.05. The van der Waals surface area contributed by atoms with Crippen LogP contribution in [0, 0.1) is 4.77 Å². The third-order valence-corrected chi connectivity index (χ3v) is 6.07. The van der Waals surface area contributed by atoms with Gasteiger partial charge in [-0.3, -0.25) is 9.36 Å². The summed E-state index contributed by atoms with van der Waals surface area (Å²) in [5, 5.41) is 24.4. The van der Waals surface area contributed by atoms with E-state index >= 15 is 0 Å². The minimum Gasteiger partial charge on any atom is -0.400 e. The van der Waals surface area contributed by atoms with Gasteiger partial charge in [0, 0.05) is 20.4 Å². The molecule has 3 aromatic heterocycles. The van der Waals surface area contributed by atoms with Crippen molar-refractivity contribution in [1.29, 1.82) is 0 Å². The van der Waals surface area contributed by atoms with Crippen LogP contribution in [0.2, 0.25) is 0 Å². The lowest BCUT2D eigenvalue weighted by molar-refractivity contribution is 0.200. The number of hydrogen-bond donors (Lipinski definition) is 6. The number of nitrogens with one attached hydrogen (secondary N) is 2. The summed E-state index contributed by atoms with van der Waals surface area (Å²) in [4.78, 5) is 23.2. The third-order valence-electron chi connectivity index (χ3n) is 4.19. The number of aliphatic hydroxyl groups is 3. The van der Waals surface area contributed by atoms with Crippen LogP contribution in [0.25, 0.3) is 28.2 Å². The Kier molecular flexibility index (Phi) is 11.2. The SMILES string of the molecule is CO.COP(S)OCCO.O=c1c2[nH]c(=S)n(CCO)c2nc2[nH]c(-c3ccccc3)cn12. The van der Waals surface area contributed by atoms with Crippen LogP contribution < -0.4 is 5.56 Å². The fourth-order valence-electron chi connectivity index (χ4n) is 2.83. The quantitative estimate of drug-likeness (QED) is 0.124. The molecule has 0 aliphatic carbocycles. The Morgan fingerprint density at radius 3 is 2.48 bits per heavy atom. The normalized spacial score (nSPS) is 11.6. The van der Waals surface area contributed by atoms with Gasteiger partial charge in [0.1, 0.15) is 0 Å². The Labute approximate surface area is 200 Å². The standard InChI is InChI=1S/C15H13N5O2S.C3H9O3PS.CH4O/c21-7-6-19-12-11(17-15(19)23)13(22)20-8-10(16-14(20)18-12)9-4-2-1-3-5-9;1-5-7(8)6-3-2-4;1-2/h1-5,8,21H,6-7H2,(H,16,18)(H,17,23);4,8H,2-3H2,1H3;2H,1H3. The predicted molar refractivity (Wildman–Crippen MR) is 133 cm³/mol. The molecule has 180 valence electrons. The Hall–Kier alpha value is -2.09. The molecule has 0 saturated carbocycles. The number of aliphatic hydroxyl groups excluding tert-OH is 3. The second-order valence-electron chi connectivity index (χ2n) is 6.13. The Morgan fingerprint density at radius 2 is 1.88 bits per heavy atom. The zero-order valence-electron chi connectivity index (χ0n) is 18.0. The topological polar surface area (TPSA) is 150 Å². The van der Waals surface area contributed by atoms with Crippen molar-refractivity contribution in [2.75, 3.05) is 34.0 Å². The van der Waals surface area contributed by atoms with Crippen LogP contribution in [-0.4, -0.2) is 73.3 Å². The molecule has 0 bridgehead atoms. The van der Waals surface area contributed by atoms with Crippen molar-refractivity contribution in [2.45, 2.75) is 6.54 Å². The van der Waals surface area contributed by atoms with Gasteiger partial charge in [-0.05, 0) is 17.8 Å². The third kappa shape index (κ3) is 6.71. The summed E-state index contributed by atoms with van der Waals surface area (Å²) in [6.07, 6.45) is 1.72. The van der Waals surface area contributed by atoms with Gasteiger partial charge in [-0.15, -0.1) is 0 Å². The average Bonchev–Trinajstić information content (AvgIpc) is 3.42. The number of nitrogens with zero attached hydrogens (tertiary/aromatic N) is 3. The van der Waals surface area contributed by atoms with Crippen LogP contribution in [0.5, 0.6) is 0 Å². The highest BCUT2D eigenvalue weighted by Crippen LogP contribution is 2.41. The Bertz CT molecular complexity index is 1260. The van der Waals surface area contributed by atoms with E-state index in [9.17, 15) is 4.79 Å². The van der Waals surface area contributed by atoms with Crippen molar-refractivity contribution in [3.05, 3.63) is 51.7 Å². The molecule has 0 aliphatic rings. The molecular formula is C19H26N5O6PS2. The monoisotopic (exact) mass is 515 g/mol. The highest BCUT2D eigenvalue weighted by molar-refractivity contribution is 8.41.